The van der Waals surface area contributed by atoms with Crippen LogP contribution in [0, 0.1) is 5.92 Å². The maximum absolute atomic E-state index is 12.1. The standard InChI is InChI=1S/C17H23NO2/c1-18-17(20)15-10-8-14(9-11-15)16(19)12-7-13-5-3-2-4-6-13/h8-11,13H,2-7,12H2,1H3,(H,18,20). The molecule has 1 amide bonds. The average molecular weight is 273 g/mol. The number of hydrogen-bond acceptors (Lipinski definition) is 2. The molecule has 0 aliphatic heterocycles. The van der Waals surface area contributed by atoms with Gasteiger partial charge in [-0.2, -0.15) is 0 Å². The molecular weight excluding hydrogens is 250 g/mol. The Kier molecular flexibility index (Phi) is 5.33. The minimum Gasteiger partial charge on any atom is -0.355 e. The first-order chi connectivity index (χ1) is 9.70. The number of benzene rings is 1. The molecule has 0 atom stereocenters. The lowest BCUT2D eigenvalue weighted by Crippen LogP contribution is -2.17. The van der Waals surface area contributed by atoms with E-state index in [-0.39, 0.29) is 11.7 Å². The van der Waals surface area contributed by atoms with Crippen LogP contribution in [0.3, 0.4) is 0 Å². The molecular formula is C17H23NO2. The van der Waals surface area contributed by atoms with Crippen LogP contribution in [0.1, 0.15) is 65.7 Å². The zero-order chi connectivity index (χ0) is 14.4. The quantitative estimate of drug-likeness (QED) is 0.833. The fourth-order valence-corrected chi connectivity index (χ4v) is 2.91. The van der Waals surface area contributed by atoms with Gasteiger partial charge in [-0.3, -0.25) is 9.59 Å². The summed E-state index contributed by atoms with van der Waals surface area (Å²) in [6, 6.07) is 6.95. The number of amides is 1. The molecule has 108 valence electrons. The molecule has 1 aromatic rings. The van der Waals surface area contributed by atoms with Crippen LogP contribution >= 0.6 is 0 Å². The van der Waals surface area contributed by atoms with Crippen molar-refractivity contribution in [2.45, 2.75) is 44.9 Å². The van der Waals surface area contributed by atoms with Gasteiger partial charge in [0.25, 0.3) is 5.91 Å². The van der Waals surface area contributed by atoms with Crippen molar-refractivity contribution in [3.63, 3.8) is 0 Å². The third-order valence-electron chi connectivity index (χ3n) is 4.20. The Morgan fingerprint density at radius 3 is 2.25 bits per heavy atom. The topological polar surface area (TPSA) is 46.2 Å². The fourth-order valence-electron chi connectivity index (χ4n) is 2.91. The normalized spacial score (nSPS) is 15.8. The number of carbonyl (C=O) groups excluding carboxylic acids is 2. The summed E-state index contributed by atoms with van der Waals surface area (Å²) >= 11 is 0. The van der Waals surface area contributed by atoms with Gasteiger partial charge in [-0.15, -0.1) is 0 Å². The van der Waals surface area contributed by atoms with Gasteiger partial charge in [-0.1, -0.05) is 44.2 Å². The molecule has 1 aliphatic carbocycles. The Morgan fingerprint density at radius 2 is 1.65 bits per heavy atom. The first-order valence-corrected chi connectivity index (χ1v) is 7.56. The van der Waals surface area contributed by atoms with Gasteiger partial charge >= 0.3 is 0 Å². The van der Waals surface area contributed by atoms with Gasteiger partial charge in [0.15, 0.2) is 5.78 Å². The van der Waals surface area contributed by atoms with E-state index < -0.39 is 0 Å². The molecule has 1 saturated carbocycles. The molecule has 1 aliphatic rings. The summed E-state index contributed by atoms with van der Waals surface area (Å²) in [5.41, 5.74) is 1.31. The molecule has 0 bridgehead atoms. The van der Waals surface area contributed by atoms with Gasteiger partial charge in [-0.05, 0) is 24.5 Å². The summed E-state index contributed by atoms with van der Waals surface area (Å²) in [5, 5.41) is 2.57. The molecule has 20 heavy (non-hydrogen) atoms. The molecule has 0 unspecified atom stereocenters. The predicted octanol–water partition coefficient (Wildman–Crippen LogP) is 3.59. The summed E-state index contributed by atoms with van der Waals surface area (Å²) < 4.78 is 0. The van der Waals surface area contributed by atoms with E-state index in [1.807, 2.05) is 0 Å². The van der Waals surface area contributed by atoms with Crippen LogP contribution in [-0.2, 0) is 0 Å². The predicted molar refractivity (Wildman–Crippen MR) is 80.0 cm³/mol. The maximum atomic E-state index is 12.1. The highest BCUT2D eigenvalue weighted by molar-refractivity contribution is 5.98. The fraction of sp³-hybridized carbons (Fsp3) is 0.529. The molecule has 1 fully saturated rings. The minimum absolute atomic E-state index is 0.119. The Labute approximate surface area is 120 Å². The second-order valence-electron chi connectivity index (χ2n) is 5.62. The third kappa shape index (κ3) is 3.92. The Bertz CT molecular complexity index is 458. The summed E-state index contributed by atoms with van der Waals surface area (Å²) in [6.45, 7) is 0. The molecule has 0 spiro atoms. The van der Waals surface area contributed by atoms with Gasteiger partial charge < -0.3 is 5.32 Å². The van der Waals surface area contributed by atoms with Crippen molar-refractivity contribution in [2.75, 3.05) is 7.05 Å². The van der Waals surface area contributed by atoms with Crippen molar-refractivity contribution in [3.8, 4) is 0 Å². The number of rotatable bonds is 5. The van der Waals surface area contributed by atoms with E-state index >= 15 is 0 Å². The zero-order valence-electron chi connectivity index (χ0n) is 12.2. The van der Waals surface area contributed by atoms with Crippen LogP contribution in [0.2, 0.25) is 0 Å². The number of carbonyl (C=O) groups is 2. The van der Waals surface area contributed by atoms with Crippen molar-refractivity contribution < 1.29 is 9.59 Å². The first-order valence-electron chi connectivity index (χ1n) is 7.56. The van der Waals surface area contributed by atoms with Crippen molar-refractivity contribution >= 4 is 11.7 Å². The van der Waals surface area contributed by atoms with E-state index in [2.05, 4.69) is 5.32 Å². The maximum Gasteiger partial charge on any atom is 0.251 e. The SMILES string of the molecule is CNC(=O)c1ccc(C(=O)CCC2CCCCC2)cc1. The molecule has 1 aromatic carbocycles. The van der Waals surface area contributed by atoms with Crippen LogP contribution in [0.4, 0.5) is 0 Å². The van der Waals surface area contributed by atoms with Gasteiger partial charge in [-0.25, -0.2) is 0 Å². The molecule has 3 heteroatoms. The Morgan fingerprint density at radius 1 is 1.05 bits per heavy atom. The minimum atomic E-state index is -0.119. The van der Waals surface area contributed by atoms with Crippen molar-refractivity contribution in [3.05, 3.63) is 35.4 Å². The first kappa shape index (κ1) is 14.8. The lowest BCUT2D eigenvalue weighted by Gasteiger charge is -2.20. The monoisotopic (exact) mass is 273 g/mol. The molecule has 0 aromatic heterocycles. The van der Waals surface area contributed by atoms with Gasteiger partial charge in [0, 0.05) is 24.6 Å². The van der Waals surface area contributed by atoms with E-state index in [1.54, 1.807) is 31.3 Å². The van der Waals surface area contributed by atoms with Gasteiger partial charge in [0.1, 0.15) is 0 Å². The smallest absolute Gasteiger partial charge is 0.251 e. The molecule has 2 rings (SSSR count). The van der Waals surface area contributed by atoms with Crippen LogP contribution in [0.25, 0.3) is 0 Å². The van der Waals surface area contributed by atoms with Crippen molar-refractivity contribution in [1.82, 2.24) is 5.32 Å². The molecule has 0 saturated heterocycles. The highest BCUT2D eigenvalue weighted by atomic mass is 16.1. The summed E-state index contributed by atoms with van der Waals surface area (Å²) in [5.74, 6) is 0.808. The second kappa shape index (κ2) is 7.22. The zero-order valence-corrected chi connectivity index (χ0v) is 12.2. The number of nitrogens with one attached hydrogen (secondary N) is 1. The van der Waals surface area contributed by atoms with Crippen LogP contribution in [0.15, 0.2) is 24.3 Å². The van der Waals surface area contributed by atoms with E-state index in [9.17, 15) is 9.59 Å². The summed E-state index contributed by atoms with van der Waals surface area (Å²) in [6.07, 6.45) is 8.19. The average Bonchev–Trinajstić information content (AvgIpc) is 2.53. The van der Waals surface area contributed by atoms with E-state index in [0.717, 1.165) is 12.3 Å². The highest BCUT2D eigenvalue weighted by Crippen LogP contribution is 2.27. The second-order valence-corrected chi connectivity index (χ2v) is 5.62. The van der Waals surface area contributed by atoms with Crippen molar-refractivity contribution in [2.24, 2.45) is 5.92 Å². The van der Waals surface area contributed by atoms with E-state index in [0.29, 0.717) is 17.5 Å². The molecule has 0 heterocycles. The van der Waals surface area contributed by atoms with Crippen LogP contribution < -0.4 is 5.32 Å². The summed E-state index contributed by atoms with van der Waals surface area (Å²) in [4.78, 5) is 23.6. The highest BCUT2D eigenvalue weighted by Gasteiger charge is 2.15. The largest absolute Gasteiger partial charge is 0.355 e. The molecule has 3 nitrogen and oxygen atoms in total. The van der Waals surface area contributed by atoms with Crippen LogP contribution in [-0.4, -0.2) is 18.7 Å². The molecule has 0 radical (unpaired) electrons. The van der Waals surface area contributed by atoms with Crippen molar-refractivity contribution in [1.29, 1.82) is 0 Å². The van der Waals surface area contributed by atoms with E-state index in [4.69, 9.17) is 0 Å². The Balaban J connectivity index is 1.87. The number of hydrogen-bond donors (Lipinski definition) is 1. The number of ketones is 1. The van der Waals surface area contributed by atoms with Gasteiger partial charge in [0.2, 0.25) is 0 Å². The lowest BCUT2D eigenvalue weighted by atomic mass is 9.85. The van der Waals surface area contributed by atoms with E-state index in [1.165, 1.54) is 32.1 Å². The lowest BCUT2D eigenvalue weighted by molar-refractivity contribution is 0.0954. The van der Waals surface area contributed by atoms with Crippen LogP contribution in [0.5, 0.6) is 0 Å². The number of Topliss-reactive ketones (excluding diaryl/α,β-unsaturated/α-hetero) is 1. The summed E-state index contributed by atoms with van der Waals surface area (Å²) in [7, 11) is 1.60. The Hall–Kier alpha value is -1.64. The molecule has 1 N–H and O–H groups in total. The van der Waals surface area contributed by atoms with Gasteiger partial charge in [0.05, 0.1) is 0 Å². The third-order valence-corrected chi connectivity index (χ3v) is 4.20.